The molecular weight excluding hydrogens is 364 g/mol. The van der Waals surface area contributed by atoms with Gasteiger partial charge in [-0.25, -0.2) is 9.78 Å². The Hall–Kier alpha value is -3.00. The molecule has 3 rings (SSSR count). The van der Waals surface area contributed by atoms with Crippen molar-refractivity contribution in [1.82, 2.24) is 20.2 Å². The molecule has 0 spiro atoms. The number of nitrogens with zero attached hydrogens (tertiary/aromatic N) is 2. The Morgan fingerprint density at radius 2 is 1.89 bits per heavy atom. The van der Waals surface area contributed by atoms with E-state index in [0.717, 1.165) is 11.1 Å². The molecule has 0 aliphatic heterocycles. The van der Waals surface area contributed by atoms with Crippen LogP contribution in [0.15, 0.2) is 46.8 Å². The summed E-state index contributed by atoms with van der Waals surface area (Å²) in [6.07, 6.45) is 1.33. The van der Waals surface area contributed by atoms with E-state index >= 15 is 0 Å². The summed E-state index contributed by atoms with van der Waals surface area (Å²) >= 11 is 1.38. The first-order valence-electron chi connectivity index (χ1n) is 8.38. The molecule has 2 N–H and O–H groups in total. The molecule has 0 bridgehead atoms. The number of urea groups is 1. The van der Waals surface area contributed by atoms with Gasteiger partial charge in [0.05, 0.1) is 11.7 Å². The molecule has 7 nitrogen and oxygen atoms in total. The van der Waals surface area contributed by atoms with E-state index in [2.05, 4.69) is 15.6 Å². The molecule has 3 amide bonds. The number of hydrogen-bond acceptors (Lipinski definition) is 5. The summed E-state index contributed by atoms with van der Waals surface area (Å²) in [4.78, 5) is 41.7. The Bertz CT molecular complexity index is 1050. The second kappa shape index (κ2) is 7.32. The standard InChI is InChI=1S/C19H20N4O3S/c1-19(2,3)22-18(26)21-14(24)9-23-11-20-16-15(17(23)25)13(10-27-16)12-7-5-4-6-8-12/h4-8,10-11H,9H2,1-3H3,(H2,21,22,24,26). The fourth-order valence-corrected chi connectivity index (χ4v) is 3.51. The van der Waals surface area contributed by atoms with Crippen molar-refractivity contribution >= 4 is 33.5 Å². The highest BCUT2D eigenvalue weighted by Crippen LogP contribution is 2.30. The number of rotatable bonds is 3. The topological polar surface area (TPSA) is 93.1 Å². The summed E-state index contributed by atoms with van der Waals surface area (Å²) in [5.74, 6) is -0.587. The minimum absolute atomic E-state index is 0.288. The maximum Gasteiger partial charge on any atom is 0.321 e. The molecule has 3 aromatic rings. The monoisotopic (exact) mass is 384 g/mol. The summed E-state index contributed by atoms with van der Waals surface area (Å²) in [5.41, 5.74) is 0.914. The average molecular weight is 384 g/mol. The summed E-state index contributed by atoms with van der Waals surface area (Å²) in [6.45, 7) is 5.13. The Labute approximate surface area is 160 Å². The van der Waals surface area contributed by atoms with Gasteiger partial charge in [0, 0.05) is 16.5 Å². The molecule has 0 aliphatic carbocycles. The molecule has 1 aromatic carbocycles. The fourth-order valence-electron chi connectivity index (χ4n) is 2.60. The van der Waals surface area contributed by atoms with Crippen molar-refractivity contribution in [1.29, 1.82) is 0 Å². The van der Waals surface area contributed by atoms with Crippen molar-refractivity contribution in [3.63, 3.8) is 0 Å². The molecule has 0 unspecified atom stereocenters. The zero-order valence-electron chi connectivity index (χ0n) is 15.3. The summed E-state index contributed by atoms with van der Waals surface area (Å²) < 4.78 is 1.21. The lowest BCUT2D eigenvalue weighted by molar-refractivity contribution is -0.120. The largest absolute Gasteiger partial charge is 0.333 e. The third-order valence-electron chi connectivity index (χ3n) is 3.70. The Morgan fingerprint density at radius 1 is 1.19 bits per heavy atom. The van der Waals surface area contributed by atoms with Gasteiger partial charge in [-0.05, 0) is 26.3 Å². The van der Waals surface area contributed by atoms with Crippen molar-refractivity contribution < 1.29 is 9.59 Å². The first-order chi connectivity index (χ1) is 12.7. The average Bonchev–Trinajstić information content (AvgIpc) is 3.01. The first-order valence-corrected chi connectivity index (χ1v) is 9.26. The van der Waals surface area contributed by atoms with Gasteiger partial charge in [0.25, 0.3) is 5.56 Å². The Balaban J connectivity index is 1.86. The molecule has 2 aromatic heterocycles. The van der Waals surface area contributed by atoms with Gasteiger partial charge in [0.1, 0.15) is 11.4 Å². The van der Waals surface area contributed by atoms with Crippen LogP contribution in [0.25, 0.3) is 21.3 Å². The number of benzene rings is 1. The van der Waals surface area contributed by atoms with Crippen LogP contribution in [0.1, 0.15) is 20.8 Å². The van der Waals surface area contributed by atoms with Gasteiger partial charge < -0.3 is 5.32 Å². The van der Waals surface area contributed by atoms with Crippen LogP contribution < -0.4 is 16.2 Å². The van der Waals surface area contributed by atoms with Crippen LogP contribution in [-0.4, -0.2) is 27.0 Å². The SMILES string of the molecule is CC(C)(C)NC(=O)NC(=O)Cn1cnc2scc(-c3ccccc3)c2c1=O. The van der Waals surface area contributed by atoms with Crippen LogP contribution in [0.3, 0.4) is 0 Å². The third-order valence-corrected chi connectivity index (χ3v) is 4.59. The van der Waals surface area contributed by atoms with Crippen LogP contribution in [0.4, 0.5) is 4.79 Å². The van der Waals surface area contributed by atoms with E-state index in [-0.39, 0.29) is 12.1 Å². The normalized spacial score (nSPS) is 11.4. The number of nitrogens with one attached hydrogen (secondary N) is 2. The predicted octanol–water partition coefficient (Wildman–Crippen LogP) is 2.75. The molecule has 0 saturated heterocycles. The molecule has 27 heavy (non-hydrogen) atoms. The zero-order valence-corrected chi connectivity index (χ0v) is 16.1. The Morgan fingerprint density at radius 3 is 2.56 bits per heavy atom. The van der Waals surface area contributed by atoms with E-state index in [1.165, 1.54) is 22.2 Å². The van der Waals surface area contributed by atoms with Gasteiger partial charge in [-0.2, -0.15) is 0 Å². The quantitative estimate of drug-likeness (QED) is 0.726. The highest BCUT2D eigenvalue weighted by molar-refractivity contribution is 7.17. The maximum absolute atomic E-state index is 12.9. The van der Waals surface area contributed by atoms with Crippen molar-refractivity contribution in [2.24, 2.45) is 0 Å². The third kappa shape index (κ3) is 4.40. The predicted molar refractivity (Wildman–Crippen MR) is 106 cm³/mol. The number of hydrogen-bond donors (Lipinski definition) is 2. The molecule has 0 aliphatic rings. The molecule has 0 radical (unpaired) electrons. The van der Waals surface area contributed by atoms with E-state index in [1.54, 1.807) is 20.8 Å². The van der Waals surface area contributed by atoms with Gasteiger partial charge in [0.2, 0.25) is 5.91 Å². The lowest BCUT2D eigenvalue weighted by Crippen LogP contribution is -2.49. The van der Waals surface area contributed by atoms with Gasteiger partial charge >= 0.3 is 6.03 Å². The van der Waals surface area contributed by atoms with Crippen LogP contribution in [0.2, 0.25) is 0 Å². The number of imide groups is 1. The van der Waals surface area contributed by atoms with Crippen molar-refractivity contribution in [3.8, 4) is 11.1 Å². The highest BCUT2D eigenvalue weighted by atomic mass is 32.1. The van der Waals surface area contributed by atoms with Crippen LogP contribution >= 0.6 is 11.3 Å². The number of carbonyl (C=O) groups is 2. The van der Waals surface area contributed by atoms with Gasteiger partial charge in [-0.1, -0.05) is 30.3 Å². The summed E-state index contributed by atoms with van der Waals surface area (Å²) in [5, 5.41) is 7.22. The molecule has 0 atom stereocenters. The molecule has 8 heteroatoms. The van der Waals surface area contributed by atoms with E-state index < -0.39 is 17.5 Å². The van der Waals surface area contributed by atoms with Crippen LogP contribution in [0.5, 0.6) is 0 Å². The minimum atomic E-state index is -0.602. The smallest absolute Gasteiger partial charge is 0.321 e. The van der Waals surface area contributed by atoms with E-state index in [4.69, 9.17) is 0 Å². The van der Waals surface area contributed by atoms with Crippen LogP contribution in [-0.2, 0) is 11.3 Å². The molecule has 0 fully saturated rings. The summed E-state index contributed by atoms with van der Waals surface area (Å²) in [7, 11) is 0. The molecule has 140 valence electrons. The van der Waals surface area contributed by atoms with Gasteiger partial charge in [0.15, 0.2) is 0 Å². The first kappa shape index (κ1) is 18.8. The fraction of sp³-hybridized carbons (Fsp3) is 0.263. The lowest BCUT2D eigenvalue weighted by atomic mass is 10.1. The molecule has 2 heterocycles. The van der Waals surface area contributed by atoms with E-state index in [0.29, 0.717) is 10.2 Å². The summed E-state index contributed by atoms with van der Waals surface area (Å²) in [6, 6.07) is 8.94. The zero-order chi connectivity index (χ0) is 19.6. The molecular formula is C19H20N4O3S. The highest BCUT2D eigenvalue weighted by Gasteiger charge is 2.18. The minimum Gasteiger partial charge on any atom is -0.333 e. The van der Waals surface area contributed by atoms with E-state index in [1.807, 2.05) is 35.7 Å². The number of aromatic nitrogens is 2. The van der Waals surface area contributed by atoms with Crippen molar-refractivity contribution in [3.05, 3.63) is 52.4 Å². The van der Waals surface area contributed by atoms with Gasteiger partial charge in [-0.15, -0.1) is 11.3 Å². The number of carbonyl (C=O) groups excluding carboxylic acids is 2. The number of fused-ring (bicyclic) bond motifs is 1. The Kier molecular flexibility index (Phi) is 5.09. The van der Waals surface area contributed by atoms with Gasteiger partial charge in [-0.3, -0.25) is 19.5 Å². The maximum atomic E-state index is 12.9. The van der Waals surface area contributed by atoms with Crippen LogP contribution in [0, 0.1) is 0 Å². The number of amides is 3. The second-order valence-corrected chi connectivity index (χ2v) is 7.98. The van der Waals surface area contributed by atoms with E-state index in [9.17, 15) is 14.4 Å². The lowest BCUT2D eigenvalue weighted by Gasteiger charge is -2.20. The second-order valence-electron chi connectivity index (χ2n) is 7.13. The molecule has 0 saturated carbocycles. The van der Waals surface area contributed by atoms with Crippen molar-refractivity contribution in [2.45, 2.75) is 32.9 Å². The van der Waals surface area contributed by atoms with Crippen molar-refractivity contribution in [2.75, 3.05) is 0 Å². The number of thiophene rings is 1.